The molecular formula is C13H25NO2S. The Bertz CT molecular complexity index is 266. The summed E-state index contributed by atoms with van der Waals surface area (Å²) in [5.74, 6) is 1.84. The molecule has 1 saturated heterocycles. The van der Waals surface area contributed by atoms with Gasteiger partial charge in [0.2, 0.25) is 0 Å². The monoisotopic (exact) mass is 259 g/mol. The van der Waals surface area contributed by atoms with Crippen molar-refractivity contribution in [2.75, 3.05) is 19.0 Å². The molecule has 2 aliphatic rings. The molecule has 1 aliphatic heterocycles. The highest BCUT2D eigenvalue weighted by atomic mass is 32.2. The van der Waals surface area contributed by atoms with Crippen molar-refractivity contribution in [2.24, 2.45) is 17.6 Å². The van der Waals surface area contributed by atoms with Gasteiger partial charge in [-0.05, 0) is 25.2 Å². The lowest BCUT2D eigenvalue weighted by molar-refractivity contribution is 0.182. The molecule has 2 fully saturated rings. The Kier molecular flexibility index (Phi) is 5.00. The second-order valence-corrected chi connectivity index (χ2v) is 7.49. The summed E-state index contributed by atoms with van der Waals surface area (Å²) in [5, 5.41) is 0.395. The first-order chi connectivity index (χ1) is 8.16. The molecule has 0 aromatic heterocycles. The largest absolute Gasteiger partial charge is 0.381 e. The van der Waals surface area contributed by atoms with E-state index >= 15 is 0 Å². The van der Waals surface area contributed by atoms with Gasteiger partial charge in [0.05, 0.1) is 6.61 Å². The molecule has 0 radical (unpaired) electrons. The second kappa shape index (κ2) is 6.30. The minimum absolute atomic E-state index is 0.0653. The zero-order chi connectivity index (χ0) is 12.3. The number of rotatable bonds is 4. The Morgan fingerprint density at radius 2 is 2.24 bits per heavy atom. The van der Waals surface area contributed by atoms with Gasteiger partial charge in [0, 0.05) is 40.4 Å². The molecule has 4 heteroatoms. The topological polar surface area (TPSA) is 52.3 Å². The fraction of sp³-hybridized carbons (Fsp3) is 1.00. The highest BCUT2D eigenvalue weighted by molar-refractivity contribution is 7.85. The lowest BCUT2D eigenvalue weighted by Gasteiger charge is -2.27. The first kappa shape index (κ1) is 13.5. The van der Waals surface area contributed by atoms with E-state index in [4.69, 9.17) is 10.5 Å². The summed E-state index contributed by atoms with van der Waals surface area (Å²) < 4.78 is 17.6. The van der Waals surface area contributed by atoms with Gasteiger partial charge in [0.25, 0.3) is 0 Å². The number of ether oxygens (including phenoxy) is 1. The highest BCUT2D eigenvalue weighted by Gasteiger charge is 2.29. The molecule has 0 amide bonds. The number of hydrogen-bond donors (Lipinski definition) is 1. The van der Waals surface area contributed by atoms with Crippen molar-refractivity contribution in [3.8, 4) is 0 Å². The van der Waals surface area contributed by atoms with Crippen LogP contribution in [0.4, 0.5) is 0 Å². The average Bonchev–Trinajstić information content (AvgIpc) is 2.82. The predicted molar refractivity (Wildman–Crippen MR) is 71.3 cm³/mol. The summed E-state index contributed by atoms with van der Waals surface area (Å²) in [5.41, 5.74) is 6.15. The molecule has 0 aromatic carbocycles. The van der Waals surface area contributed by atoms with E-state index in [-0.39, 0.29) is 6.04 Å². The van der Waals surface area contributed by atoms with Crippen LogP contribution in [-0.2, 0) is 15.5 Å². The van der Waals surface area contributed by atoms with Crippen LogP contribution < -0.4 is 5.73 Å². The summed E-state index contributed by atoms with van der Waals surface area (Å²) in [6, 6.07) is 0.0653. The van der Waals surface area contributed by atoms with E-state index in [0.717, 1.165) is 38.4 Å². The molecule has 3 nitrogen and oxygen atoms in total. The zero-order valence-corrected chi connectivity index (χ0v) is 11.6. The van der Waals surface area contributed by atoms with Gasteiger partial charge in [0.1, 0.15) is 0 Å². The molecular weight excluding hydrogens is 234 g/mol. The Morgan fingerprint density at radius 3 is 2.88 bits per heavy atom. The summed E-state index contributed by atoms with van der Waals surface area (Å²) in [6.07, 6.45) is 5.83. The predicted octanol–water partition coefficient (Wildman–Crippen LogP) is 1.68. The van der Waals surface area contributed by atoms with Gasteiger partial charge in [-0.15, -0.1) is 0 Å². The van der Waals surface area contributed by atoms with Crippen LogP contribution >= 0.6 is 0 Å². The average molecular weight is 259 g/mol. The van der Waals surface area contributed by atoms with Crippen molar-refractivity contribution in [1.82, 2.24) is 0 Å². The van der Waals surface area contributed by atoms with Gasteiger partial charge in [-0.1, -0.05) is 19.8 Å². The molecule has 5 unspecified atom stereocenters. The van der Waals surface area contributed by atoms with Crippen molar-refractivity contribution in [3.05, 3.63) is 0 Å². The van der Waals surface area contributed by atoms with Crippen LogP contribution in [-0.4, -0.2) is 34.5 Å². The van der Waals surface area contributed by atoms with E-state index in [2.05, 4.69) is 6.92 Å². The van der Waals surface area contributed by atoms with Crippen LogP contribution in [0.1, 0.15) is 39.0 Å². The van der Waals surface area contributed by atoms with Crippen molar-refractivity contribution < 1.29 is 8.95 Å². The van der Waals surface area contributed by atoms with Gasteiger partial charge in [-0.2, -0.15) is 0 Å². The molecule has 2 N–H and O–H groups in total. The van der Waals surface area contributed by atoms with Crippen molar-refractivity contribution in [1.29, 1.82) is 0 Å². The molecule has 1 aliphatic carbocycles. The van der Waals surface area contributed by atoms with Crippen LogP contribution in [0.5, 0.6) is 0 Å². The molecule has 0 spiro atoms. The van der Waals surface area contributed by atoms with Crippen LogP contribution in [0.2, 0.25) is 0 Å². The van der Waals surface area contributed by atoms with Crippen LogP contribution in [0.3, 0.4) is 0 Å². The van der Waals surface area contributed by atoms with E-state index in [1.807, 2.05) is 0 Å². The summed E-state index contributed by atoms with van der Waals surface area (Å²) in [6.45, 7) is 3.86. The summed E-state index contributed by atoms with van der Waals surface area (Å²) in [7, 11) is -0.734. The van der Waals surface area contributed by atoms with E-state index in [1.54, 1.807) is 0 Å². The Balaban J connectivity index is 1.79. The molecule has 0 aromatic rings. The second-order valence-electron chi connectivity index (χ2n) is 5.73. The van der Waals surface area contributed by atoms with Crippen molar-refractivity contribution in [3.63, 3.8) is 0 Å². The van der Waals surface area contributed by atoms with Gasteiger partial charge in [-0.25, -0.2) is 0 Å². The van der Waals surface area contributed by atoms with Crippen LogP contribution in [0, 0.1) is 11.8 Å². The Morgan fingerprint density at radius 1 is 1.41 bits per heavy atom. The number of hydrogen-bond acceptors (Lipinski definition) is 3. The third-order valence-corrected chi connectivity index (χ3v) is 6.07. The molecule has 1 saturated carbocycles. The van der Waals surface area contributed by atoms with E-state index in [9.17, 15) is 4.21 Å². The maximum Gasteiger partial charge on any atom is 0.0510 e. The molecule has 2 rings (SSSR count). The smallest absolute Gasteiger partial charge is 0.0510 e. The highest BCUT2D eigenvalue weighted by Crippen LogP contribution is 2.28. The fourth-order valence-corrected chi connectivity index (χ4v) is 4.87. The van der Waals surface area contributed by atoms with Gasteiger partial charge in [0.15, 0.2) is 0 Å². The summed E-state index contributed by atoms with van der Waals surface area (Å²) in [4.78, 5) is 0. The maximum atomic E-state index is 12.3. The standard InChI is InChI=1S/C13H25NO2S/c1-10-3-2-4-12(7-10)17(15)9-13(14)11-5-6-16-8-11/h10-13H,2-9,14H2,1H3. The van der Waals surface area contributed by atoms with Crippen LogP contribution in [0.25, 0.3) is 0 Å². The van der Waals surface area contributed by atoms with E-state index in [0.29, 0.717) is 16.9 Å². The Hall–Kier alpha value is 0.0700. The SMILES string of the molecule is CC1CCCC(S(=O)CC(N)C2CCOC2)C1. The minimum Gasteiger partial charge on any atom is -0.381 e. The van der Waals surface area contributed by atoms with Crippen LogP contribution in [0.15, 0.2) is 0 Å². The first-order valence-corrected chi connectivity index (χ1v) is 8.25. The Labute approximate surface area is 107 Å². The third kappa shape index (κ3) is 3.76. The number of nitrogens with two attached hydrogens (primary N) is 1. The van der Waals surface area contributed by atoms with Gasteiger partial charge in [-0.3, -0.25) is 4.21 Å². The maximum absolute atomic E-state index is 12.3. The van der Waals surface area contributed by atoms with Gasteiger partial charge >= 0.3 is 0 Å². The zero-order valence-electron chi connectivity index (χ0n) is 10.8. The molecule has 0 bridgehead atoms. The first-order valence-electron chi connectivity index (χ1n) is 6.87. The van der Waals surface area contributed by atoms with E-state index in [1.165, 1.54) is 12.8 Å². The summed E-state index contributed by atoms with van der Waals surface area (Å²) >= 11 is 0. The third-order valence-electron chi connectivity index (χ3n) is 4.19. The van der Waals surface area contributed by atoms with Gasteiger partial charge < -0.3 is 10.5 Å². The fourth-order valence-electron chi connectivity index (χ4n) is 2.97. The van der Waals surface area contributed by atoms with Crippen molar-refractivity contribution in [2.45, 2.75) is 50.3 Å². The van der Waals surface area contributed by atoms with Crippen molar-refractivity contribution >= 4 is 10.8 Å². The van der Waals surface area contributed by atoms with E-state index < -0.39 is 10.8 Å². The minimum atomic E-state index is -0.734. The normalized spacial score (nSPS) is 37.9. The lowest BCUT2D eigenvalue weighted by atomic mass is 9.91. The molecule has 17 heavy (non-hydrogen) atoms. The molecule has 1 heterocycles. The lowest BCUT2D eigenvalue weighted by Crippen LogP contribution is -2.38. The molecule has 5 atom stereocenters. The quantitative estimate of drug-likeness (QED) is 0.835. The molecule has 100 valence electrons.